The zero-order valence-corrected chi connectivity index (χ0v) is 37.7. The standard InChI is InChI=1S/C47H88NO8P/c1-3-5-7-9-11-13-15-17-19-20-21-22-23-24-26-28-30-32-34-36-38-40-47(50)56-45(44-55-57(51,52)54-42-41-48)43-53-46(49)39-37-35-33-31-29-27-25-18-16-14-12-10-8-6-4-2/h12,14,18,25,29,31,45H,3-11,13,15-17,19-24,26-28,30,32-44,48H2,1-2H3,(H,51,52). The summed E-state index contributed by atoms with van der Waals surface area (Å²) in [5.41, 5.74) is 5.35. The average molecular weight is 826 g/mol. The topological polar surface area (TPSA) is 134 Å². The lowest BCUT2D eigenvalue weighted by atomic mass is 10.0. The van der Waals surface area contributed by atoms with Gasteiger partial charge in [-0.15, -0.1) is 0 Å². The first-order valence-electron chi connectivity index (χ1n) is 23.5. The fourth-order valence-electron chi connectivity index (χ4n) is 6.52. The summed E-state index contributed by atoms with van der Waals surface area (Å²) in [7, 11) is -4.38. The summed E-state index contributed by atoms with van der Waals surface area (Å²) in [6.45, 7) is 3.69. The SMILES string of the molecule is CCCCCC=CCC=CCC=CCCCCC(=O)OCC(COP(=O)(O)OCCN)OC(=O)CCCCCCCCCCCCCCCCCCCCCCC. The third-order valence-electron chi connectivity index (χ3n) is 10.0. The molecule has 0 aliphatic heterocycles. The van der Waals surface area contributed by atoms with Crippen LogP contribution in [0.3, 0.4) is 0 Å². The smallest absolute Gasteiger partial charge is 0.462 e. The minimum atomic E-state index is -4.38. The highest BCUT2D eigenvalue weighted by Gasteiger charge is 2.26. The Morgan fingerprint density at radius 1 is 0.526 bits per heavy atom. The van der Waals surface area contributed by atoms with Gasteiger partial charge in [0.1, 0.15) is 6.61 Å². The summed E-state index contributed by atoms with van der Waals surface area (Å²) in [6, 6.07) is 0. The molecule has 0 spiro atoms. The van der Waals surface area contributed by atoms with Crippen molar-refractivity contribution in [3.8, 4) is 0 Å². The summed E-state index contributed by atoms with van der Waals surface area (Å²) < 4.78 is 32.8. The molecule has 2 atom stereocenters. The van der Waals surface area contributed by atoms with Gasteiger partial charge in [-0.2, -0.15) is 0 Å². The first-order valence-corrected chi connectivity index (χ1v) is 25.0. The van der Waals surface area contributed by atoms with Crippen molar-refractivity contribution < 1.29 is 37.6 Å². The Bertz CT molecular complexity index is 1030. The maximum atomic E-state index is 12.6. The van der Waals surface area contributed by atoms with Crippen LogP contribution in [0.25, 0.3) is 0 Å². The number of phosphoric ester groups is 1. The van der Waals surface area contributed by atoms with E-state index in [9.17, 15) is 19.0 Å². The minimum absolute atomic E-state index is 0.0490. The molecule has 0 saturated heterocycles. The Kier molecular flexibility index (Phi) is 42.4. The average Bonchev–Trinajstić information content (AvgIpc) is 3.20. The Balaban J connectivity index is 4.10. The van der Waals surface area contributed by atoms with E-state index in [4.69, 9.17) is 24.3 Å². The molecule has 0 aliphatic rings. The van der Waals surface area contributed by atoms with Gasteiger partial charge in [0.2, 0.25) is 0 Å². The lowest BCUT2D eigenvalue weighted by molar-refractivity contribution is -0.161. The van der Waals surface area contributed by atoms with Gasteiger partial charge < -0.3 is 20.1 Å². The maximum absolute atomic E-state index is 12.6. The molecule has 3 N–H and O–H groups in total. The minimum Gasteiger partial charge on any atom is -0.462 e. The third kappa shape index (κ3) is 43.6. The molecule has 0 saturated carbocycles. The second-order valence-electron chi connectivity index (χ2n) is 15.6. The molecule has 0 aliphatic carbocycles. The van der Waals surface area contributed by atoms with Crippen molar-refractivity contribution in [3.05, 3.63) is 36.5 Å². The van der Waals surface area contributed by atoms with Crippen LogP contribution in [0, 0.1) is 0 Å². The van der Waals surface area contributed by atoms with Crippen LogP contribution in [0.5, 0.6) is 0 Å². The van der Waals surface area contributed by atoms with Crippen LogP contribution in [-0.2, 0) is 32.7 Å². The number of carbonyl (C=O) groups excluding carboxylic acids is 2. The number of carbonyl (C=O) groups is 2. The van der Waals surface area contributed by atoms with Crippen LogP contribution >= 0.6 is 7.82 Å². The van der Waals surface area contributed by atoms with Crippen molar-refractivity contribution >= 4 is 19.8 Å². The van der Waals surface area contributed by atoms with E-state index < -0.39 is 32.5 Å². The van der Waals surface area contributed by atoms with Gasteiger partial charge in [0.25, 0.3) is 0 Å². The number of allylic oxidation sites excluding steroid dienone is 6. The predicted molar refractivity (Wildman–Crippen MR) is 238 cm³/mol. The van der Waals surface area contributed by atoms with Gasteiger partial charge in [-0.25, -0.2) is 4.57 Å². The molecule has 0 fully saturated rings. The Hall–Kier alpha value is -1.77. The lowest BCUT2D eigenvalue weighted by Crippen LogP contribution is -2.29. The lowest BCUT2D eigenvalue weighted by Gasteiger charge is -2.19. The number of phosphoric acid groups is 1. The molecule has 2 unspecified atom stereocenters. The molecule has 0 amide bonds. The van der Waals surface area contributed by atoms with Crippen molar-refractivity contribution in [3.63, 3.8) is 0 Å². The molecule has 334 valence electrons. The highest BCUT2D eigenvalue weighted by Crippen LogP contribution is 2.43. The fourth-order valence-corrected chi connectivity index (χ4v) is 7.29. The largest absolute Gasteiger partial charge is 0.472 e. The van der Waals surface area contributed by atoms with Crippen molar-refractivity contribution in [2.24, 2.45) is 5.73 Å². The number of ether oxygens (including phenoxy) is 2. The maximum Gasteiger partial charge on any atom is 0.472 e. The zero-order chi connectivity index (χ0) is 41.8. The molecule has 57 heavy (non-hydrogen) atoms. The first kappa shape index (κ1) is 55.2. The third-order valence-corrected chi connectivity index (χ3v) is 11.0. The first-order chi connectivity index (χ1) is 27.8. The van der Waals surface area contributed by atoms with Gasteiger partial charge >= 0.3 is 19.8 Å². The highest BCUT2D eigenvalue weighted by atomic mass is 31.2. The monoisotopic (exact) mass is 826 g/mol. The number of rotatable bonds is 44. The molecule has 9 nitrogen and oxygen atoms in total. The van der Waals surface area contributed by atoms with Crippen molar-refractivity contribution in [2.75, 3.05) is 26.4 Å². The van der Waals surface area contributed by atoms with Gasteiger partial charge in [0, 0.05) is 19.4 Å². The van der Waals surface area contributed by atoms with Crippen LogP contribution in [0.2, 0.25) is 0 Å². The van der Waals surface area contributed by atoms with E-state index in [1.165, 1.54) is 135 Å². The second-order valence-corrected chi connectivity index (χ2v) is 17.1. The fraction of sp³-hybridized carbons (Fsp3) is 0.830. The summed E-state index contributed by atoms with van der Waals surface area (Å²) >= 11 is 0. The van der Waals surface area contributed by atoms with Crippen LogP contribution in [0.15, 0.2) is 36.5 Å². The molecule has 0 bridgehead atoms. The van der Waals surface area contributed by atoms with E-state index in [0.29, 0.717) is 12.8 Å². The predicted octanol–water partition coefficient (Wildman–Crippen LogP) is 13.7. The van der Waals surface area contributed by atoms with Crippen molar-refractivity contribution in [1.29, 1.82) is 0 Å². The van der Waals surface area contributed by atoms with Crippen LogP contribution < -0.4 is 5.73 Å². The Morgan fingerprint density at radius 3 is 1.39 bits per heavy atom. The van der Waals surface area contributed by atoms with Gasteiger partial charge in [0.05, 0.1) is 13.2 Å². The summed E-state index contributed by atoms with van der Waals surface area (Å²) in [6.07, 6.45) is 49.0. The number of hydrogen-bond acceptors (Lipinski definition) is 8. The quantitative estimate of drug-likeness (QED) is 0.0266. The van der Waals surface area contributed by atoms with E-state index >= 15 is 0 Å². The molecule has 0 radical (unpaired) electrons. The Morgan fingerprint density at radius 2 is 0.912 bits per heavy atom. The molecule has 0 aromatic carbocycles. The summed E-state index contributed by atoms with van der Waals surface area (Å²) in [4.78, 5) is 34.9. The van der Waals surface area contributed by atoms with Gasteiger partial charge in [-0.3, -0.25) is 18.6 Å². The zero-order valence-electron chi connectivity index (χ0n) is 36.8. The highest BCUT2D eigenvalue weighted by molar-refractivity contribution is 7.47. The molecule has 0 aromatic heterocycles. The molecular weight excluding hydrogens is 737 g/mol. The molecular formula is C47H88NO8P. The van der Waals surface area contributed by atoms with Crippen molar-refractivity contribution in [1.82, 2.24) is 0 Å². The van der Waals surface area contributed by atoms with Crippen LogP contribution in [0.4, 0.5) is 0 Å². The number of nitrogens with two attached hydrogens (primary N) is 1. The molecule has 0 aromatic rings. The van der Waals surface area contributed by atoms with E-state index in [1.807, 2.05) is 0 Å². The normalized spacial score (nSPS) is 13.5. The van der Waals surface area contributed by atoms with Gasteiger partial charge in [0.15, 0.2) is 6.10 Å². The number of esters is 2. The summed E-state index contributed by atoms with van der Waals surface area (Å²) in [5, 5.41) is 0. The van der Waals surface area contributed by atoms with E-state index in [2.05, 4.69) is 50.3 Å². The Labute approximate surface area is 350 Å². The second kappa shape index (κ2) is 43.8. The molecule has 0 rings (SSSR count). The number of hydrogen-bond donors (Lipinski definition) is 2. The van der Waals surface area contributed by atoms with Crippen molar-refractivity contribution in [2.45, 2.75) is 225 Å². The summed E-state index contributed by atoms with van der Waals surface area (Å²) in [5.74, 6) is -0.866. The van der Waals surface area contributed by atoms with E-state index in [0.717, 1.165) is 44.9 Å². The number of unbranched alkanes of at least 4 members (excludes halogenated alkanes) is 25. The molecule has 0 heterocycles. The van der Waals surface area contributed by atoms with E-state index in [1.54, 1.807) is 0 Å². The molecule has 10 heteroatoms. The van der Waals surface area contributed by atoms with Gasteiger partial charge in [-0.05, 0) is 51.4 Å². The van der Waals surface area contributed by atoms with Crippen LogP contribution in [0.1, 0.15) is 219 Å². The van der Waals surface area contributed by atoms with Gasteiger partial charge in [-0.1, -0.05) is 192 Å². The van der Waals surface area contributed by atoms with E-state index in [-0.39, 0.29) is 32.6 Å². The van der Waals surface area contributed by atoms with Crippen LogP contribution in [-0.4, -0.2) is 49.3 Å².